The molecule has 214 valence electrons. The van der Waals surface area contributed by atoms with Gasteiger partial charge in [-0.2, -0.15) is 0 Å². The number of halogens is 1. The first-order valence-electron chi connectivity index (χ1n) is 14.0. The summed E-state index contributed by atoms with van der Waals surface area (Å²) in [6.07, 6.45) is 8.21. The quantitative estimate of drug-likeness (QED) is 0.459. The van der Waals surface area contributed by atoms with E-state index in [1.54, 1.807) is 32.1 Å². The smallest absolute Gasteiger partial charge is 0.283 e. The molecule has 2 aliphatic heterocycles. The van der Waals surface area contributed by atoms with Crippen molar-refractivity contribution in [2.75, 3.05) is 18.0 Å². The molecule has 10 heteroatoms. The molecule has 1 aliphatic carbocycles. The molecular weight excluding hydrogens is 550 g/mol. The van der Waals surface area contributed by atoms with E-state index in [1.165, 1.54) is 6.07 Å². The number of nitrogens with zero attached hydrogens (tertiary/aromatic N) is 2. The maximum atomic E-state index is 13.2. The third kappa shape index (κ3) is 6.20. The first-order valence-corrected chi connectivity index (χ1v) is 16.0. The number of aryl methyl sites for hydroxylation is 1. The summed E-state index contributed by atoms with van der Waals surface area (Å²) in [4.78, 5) is 33.0. The average Bonchev–Trinajstić information content (AvgIpc) is 2.92. The summed E-state index contributed by atoms with van der Waals surface area (Å²) in [5, 5.41) is -0.153. The van der Waals surface area contributed by atoms with Gasteiger partial charge in [-0.25, -0.2) is 18.1 Å². The summed E-state index contributed by atoms with van der Waals surface area (Å²) in [5.74, 6) is 0.104. The van der Waals surface area contributed by atoms with Gasteiger partial charge in [-0.3, -0.25) is 9.59 Å². The highest BCUT2D eigenvalue weighted by atomic mass is 35.5. The van der Waals surface area contributed by atoms with Crippen LogP contribution >= 0.6 is 11.6 Å². The molecule has 3 aliphatic rings. The first-order chi connectivity index (χ1) is 19.1. The van der Waals surface area contributed by atoms with Gasteiger partial charge < -0.3 is 9.64 Å². The van der Waals surface area contributed by atoms with Gasteiger partial charge in [0.1, 0.15) is 12.3 Å². The fraction of sp³-hybridized carbons (Fsp3) is 0.500. The summed E-state index contributed by atoms with van der Waals surface area (Å²) in [6.45, 7) is 4.94. The van der Waals surface area contributed by atoms with Gasteiger partial charge >= 0.3 is 0 Å². The Labute approximate surface area is 241 Å². The number of carbonyl (C=O) groups excluding carboxylic acids is 2. The van der Waals surface area contributed by atoms with Crippen LogP contribution in [0.15, 0.2) is 42.5 Å². The number of fused-ring (bicyclic) bond motifs is 3. The zero-order valence-corrected chi connectivity index (χ0v) is 24.5. The van der Waals surface area contributed by atoms with Crippen molar-refractivity contribution in [2.24, 2.45) is 17.8 Å². The predicted octanol–water partition coefficient (Wildman–Crippen LogP) is 5.10. The molecule has 0 spiro atoms. The van der Waals surface area contributed by atoms with Crippen molar-refractivity contribution in [3.63, 3.8) is 0 Å². The number of amides is 1. The Balaban J connectivity index is 1.54. The molecule has 0 unspecified atom stereocenters. The molecule has 8 nitrogen and oxygen atoms in total. The second-order valence-corrected chi connectivity index (χ2v) is 13.7. The minimum absolute atomic E-state index is 0.00561. The number of anilines is 1. The number of nitrogens with one attached hydrogen (secondary N) is 1. The van der Waals surface area contributed by atoms with Gasteiger partial charge in [0.15, 0.2) is 17.4 Å². The lowest BCUT2D eigenvalue weighted by Gasteiger charge is -2.39. The highest BCUT2D eigenvalue weighted by molar-refractivity contribution is 7.90. The summed E-state index contributed by atoms with van der Waals surface area (Å²) in [5.41, 5.74) is 2.18. The number of sulfonamides is 1. The Morgan fingerprint density at radius 2 is 1.90 bits per heavy atom. The average molecular weight is 586 g/mol. The number of hydrogen-bond donors (Lipinski definition) is 1. The highest BCUT2D eigenvalue weighted by Gasteiger charge is 2.37. The number of carbonyl (C=O) groups is 2. The van der Waals surface area contributed by atoms with Crippen LogP contribution in [0, 0.1) is 17.8 Å². The zero-order valence-electron chi connectivity index (χ0n) is 22.9. The van der Waals surface area contributed by atoms with Gasteiger partial charge in [-0.15, -0.1) is 0 Å². The van der Waals surface area contributed by atoms with Crippen LogP contribution in [0.25, 0.3) is 0 Å². The minimum atomic E-state index is -3.97. The third-order valence-electron chi connectivity index (χ3n) is 8.60. The van der Waals surface area contributed by atoms with Crippen LogP contribution in [-0.2, 0) is 27.8 Å². The van der Waals surface area contributed by atoms with Crippen molar-refractivity contribution < 1.29 is 22.7 Å². The predicted molar refractivity (Wildman–Crippen MR) is 155 cm³/mol. The van der Waals surface area contributed by atoms with Gasteiger partial charge in [0.05, 0.1) is 5.25 Å². The number of rotatable bonds is 0. The number of allylic oxidation sites excluding steroid dienone is 2. The van der Waals surface area contributed by atoms with E-state index in [1.807, 2.05) is 18.2 Å². The largest absolute Gasteiger partial charge is 0.485 e. The Morgan fingerprint density at radius 3 is 2.67 bits per heavy atom. The SMILES string of the molecule is C[C@@H]1[C@@H](C)C/C=C/C(=O)[C@@H]2CC[C@H]2CN2CCCCc3cc(Cl)ccc3COc3ccc(nc32)C(=O)NS1(=O)=O. The fourth-order valence-corrected chi connectivity index (χ4v) is 7.13. The topological polar surface area (TPSA) is 106 Å². The van der Waals surface area contributed by atoms with Crippen molar-refractivity contribution in [1.29, 1.82) is 0 Å². The van der Waals surface area contributed by atoms with E-state index < -0.39 is 21.2 Å². The number of ketones is 1. The van der Waals surface area contributed by atoms with E-state index >= 15 is 0 Å². The number of pyridine rings is 1. The molecule has 3 heterocycles. The van der Waals surface area contributed by atoms with Crippen molar-refractivity contribution in [3.05, 3.63) is 64.3 Å². The van der Waals surface area contributed by atoms with Crippen LogP contribution in [0.3, 0.4) is 0 Å². The molecule has 1 N–H and O–H groups in total. The maximum absolute atomic E-state index is 13.2. The molecule has 5 rings (SSSR count). The maximum Gasteiger partial charge on any atom is 0.283 e. The van der Waals surface area contributed by atoms with E-state index in [0.717, 1.165) is 43.2 Å². The van der Waals surface area contributed by atoms with Crippen LogP contribution in [0.1, 0.15) is 67.6 Å². The van der Waals surface area contributed by atoms with Crippen molar-refractivity contribution >= 4 is 39.1 Å². The van der Waals surface area contributed by atoms with Gasteiger partial charge in [-0.1, -0.05) is 30.7 Å². The van der Waals surface area contributed by atoms with Crippen molar-refractivity contribution in [3.8, 4) is 5.75 Å². The lowest BCUT2D eigenvalue weighted by Crippen LogP contribution is -2.43. The van der Waals surface area contributed by atoms with E-state index in [4.69, 9.17) is 16.3 Å². The standard InChI is InChI=1S/C30H36ClN3O5S/c1-19-6-5-8-27(35)25-12-10-22(25)17-34-15-4-3-7-21-16-24(31)11-9-23(21)18-39-28-14-13-26(32-29(28)34)30(36)33-40(37,38)20(19)2/h5,8-9,11,13-14,16,19-20,22,25H,3-4,6-7,10,12,15,17-18H2,1-2H3,(H,33,36)/b8-5+/t19-,20+,22-,25+/m0/s1. The second-order valence-electron chi connectivity index (χ2n) is 11.3. The van der Waals surface area contributed by atoms with Gasteiger partial charge in [0.25, 0.3) is 5.91 Å². The summed E-state index contributed by atoms with van der Waals surface area (Å²) < 4.78 is 34.6. The van der Waals surface area contributed by atoms with Gasteiger partial charge in [0.2, 0.25) is 10.0 Å². The number of aromatic nitrogens is 1. The molecular formula is C30H36ClN3O5S. The Hall–Kier alpha value is -2.91. The van der Waals surface area contributed by atoms with Crippen molar-refractivity contribution in [2.45, 2.75) is 64.2 Å². The van der Waals surface area contributed by atoms with Gasteiger partial charge in [-0.05, 0) is 98.8 Å². The lowest BCUT2D eigenvalue weighted by molar-refractivity contribution is -0.122. The Bertz CT molecular complexity index is 1430. The molecule has 4 atom stereocenters. The number of ether oxygens (including phenoxy) is 1. The molecule has 2 bridgehead atoms. The molecule has 0 radical (unpaired) electrons. The molecule has 40 heavy (non-hydrogen) atoms. The van der Waals surface area contributed by atoms with Crippen LogP contribution in [0.2, 0.25) is 5.02 Å². The van der Waals surface area contributed by atoms with E-state index in [9.17, 15) is 18.0 Å². The molecule has 2 aromatic rings. The van der Waals surface area contributed by atoms with E-state index in [2.05, 4.69) is 14.6 Å². The normalized spacial score (nSPS) is 28.0. The first kappa shape index (κ1) is 28.6. The van der Waals surface area contributed by atoms with E-state index in [0.29, 0.717) is 42.7 Å². The molecule has 1 fully saturated rings. The molecule has 0 saturated heterocycles. The minimum Gasteiger partial charge on any atom is -0.485 e. The molecule has 1 amide bonds. The van der Waals surface area contributed by atoms with E-state index in [-0.39, 0.29) is 29.2 Å². The summed E-state index contributed by atoms with van der Waals surface area (Å²) in [7, 11) is -3.97. The van der Waals surface area contributed by atoms with Gasteiger partial charge in [0, 0.05) is 24.0 Å². The third-order valence-corrected chi connectivity index (χ3v) is 10.7. The highest BCUT2D eigenvalue weighted by Crippen LogP contribution is 2.39. The second kappa shape index (κ2) is 11.9. The number of benzene rings is 1. The van der Waals surface area contributed by atoms with Crippen LogP contribution in [0.4, 0.5) is 5.82 Å². The van der Waals surface area contributed by atoms with Crippen LogP contribution in [0.5, 0.6) is 5.75 Å². The Morgan fingerprint density at radius 1 is 1.07 bits per heavy atom. The van der Waals surface area contributed by atoms with Crippen LogP contribution < -0.4 is 14.4 Å². The fourth-order valence-electron chi connectivity index (χ4n) is 5.67. The summed E-state index contributed by atoms with van der Waals surface area (Å²) in [6, 6.07) is 8.99. The van der Waals surface area contributed by atoms with Crippen molar-refractivity contribution in [1.82, 2.24) is 9.71 Å². The monoisotopic (exact) mass is 585 g/mol. The van der Waals surface area contributed by atoms with Crippen LogP contribution in [-0.4, -0.2) is 43.4 Å². The molecule has 1 saturated carbocycles. The molecule has 1 aromatic heterocycles. The molecule has 1 aromatic carbocycles. The lowest BCUT2D eigenvalue weighted by atomic mass is 9.71. The Kier molecular flexibility index (Phi) is 8.52. The summed E-state index contributed by atoms with van der Waals surface area (Å²) >= 11 is 6.27. The zero-order chi connectivity index (χ0) is 28.4. The number of hydrogen-bond acceptors (Lipinski definition) is 7.